The summed E-state index contributed by atoms with van der Waals surface area (Å²) in [6, 6.07) is 3.80. The molecule has 2 aromatic rings. The summed E-state index contributed by atoms with van der Waals surface area (Å²) in [6.45, 7) is 0.457. The van der Waals surface area contributed by atoms with E-state index in [9.17, 15) is 4.79 Å². The predicted octanol–water partition coefficient (Wildman–Crippen LogP) is 1.76. The second kappa shape index (κ2) is 6.90. The number of urea groups is 1. The average molecular weight is 328 g/mol. The van der Waals surface area contributed by atoms with Gasteiger partial charge in [-0.1, -0.05) is 6.07 Å². The molecule has 0 saturated carbocycles. The molecule has 1 unspecified atom stereocenters. The molecule has 0 aliphatic heterocycles. The van der Waals surface area contributed by atoms with Gasteiger partial charge in [0.15, 0.2) is 0 Å². The van der Waals surface area contributed by atoms with Gasteiger partial charge in [-0.3, -0.25) is 4.68 Å². The van der Waals surface area contributed by atoms with Crippen LogP contribution in [0.25, 0.3) is 0 Å². The molecule has 24 heavy (non-hydrogen) atoms. The van der Waals surface area contributed by atoms with Crippen LogP contribution in [0.15, 0.2) is 24.5 Å². The van der Waals surface area contributed by atoms with Gasteiger partial charge < -0.3 is 15.5 Å². The largest absolute Gasteiger partial charge is 0.363 e. The summed E-state index contributed by atoms with van der Waals surface area (Å²) in [6.07, 6.45) is 6.69. The van der Waals surface area contributed by atoms with E-state index < -0.39 is 0 Å². The molecule has 1 atom stereocenters. The average Bonchev–Trinajstić information content (AvgIpc) is 2.96. The van der Waals surface area contributed by atoms with E-state index in [1.54, 1.807) is 6.20 Å². The quantitative estimate of drug-likeness (QED) is 0.897. The van der Waals surface area contributed by atoms with Crippen LogP contribution >= 0.6 is 0 Å². The zero-order chi connectivity index (χ0) is 17.1. The number of amides is 2. The van der Waals surface area contributed by atoms with Crippen molar-refractivity contribution in [1.29, 1.82) is 0 Å². The van der Waals surface area contributed by atoms with E-state index >= 15 is 0 Å². The summed E-state index contributed by atoms with van der Waals surface area (Å²) in [5, 5.41) is 10.3. The van der Waals surface area contributed by atoms with Crippen molar-refractivity contribution in [1.82, 2.24) is 25.4 Å². The van der Waals surface area contributed by atoms with Crippen LogP contribution < -0.4 is 15.5 Å². The van der Waals surface area contributed by atoms with Crippen molar-refractivity contribution < 1.29 is 4.79 Å². The highest BCUT2D eigenvalue weighted by Gasteiger charge is 2.24. The minimum absolute atomic E-state index is 0.0386. The third kappa shape index (κ3) is 3.50. The number of anilines is 1. The Balaban J connectivity index is 1.55. The molecule has 2 aromatic heterocycles. The lowest BCUT2D eigenvalue weighted by Gasteiger charge is -2.24. The smallest absolute Gasteiger partial charge is 0.315 e. The van der Waals surface area contributed by atoms with Crippen LogP contribution in [-0.4, -0.2) is 34.9 Å². The lowest BCUT2D eigenvalue weighted by atomic mass is 9.93. The molecule has 7 nitrogen and oxygen atoms in total. The molecule has 0 saturated heterocycles. The molecular formula is C17H24N6O. The zero-order valence-corrected chi connectivity index (χ0v) is 14.4. The zero-order valence-electron chi connectivity index (χ0n) is 14.4. The van der Waals surface area contributed by atoms with Gasteiger partial charge in [0.1, 0.15) is 5.82 Å². The molecular weight excluding hydrogens is 304 g/mol. The van der Waals surface area contributed by atoms with Gasteiger partial charge in [-0.25, -0.2) is 9.78 Å². The van der Waals surface area contributed by atoms with E-state index in [2.05, 4.69) is 20.7 Å². The molecule has 2 N–H and O–H groups in total. The number of fused-ring (bicyclic) bond motifs is 1. The summed E-state index contributed by atoms with van der Waals surface area (Å²) < 4.78 is 1.90. The third-order valence-corrected chi connectivity index (χ3v) is 4.40. The van der Waals surface area contributed by atoms with E-state index in [4.69, 9.17) is 0 Å². The predicted molar refractivity (Wildman–Crippen MR) is 92.8 cm³/mol. The number of aromatic nitrogens is 3. The number of carbonyl (C=O) groups is 1. The molecule has 0 bridgehead atoms. The van der Waals surface area contributed by atoms with Gasteiger partial charge in [0.05, 0.1) is 12.2 Å². The third-order valence-electron chi connectivity index (χ3n) is 4.40. The lowest BCUT2D eigenvalue weighted by Crippen LogP contribution is -2.38. The maximum atomic E-state index is 12.2. The Morgan fingerprint density at radius 1 is 1.38 bits per heavy atom. The van der Waals surface area contributed by atoms with Crippen LogP contribution in [0.2, 0.25) is 0 Å². The topological polar surface area (TPSA) is 75.1 Å². The second-order valence-electron chi connectivity index (χ2n) is 6.36. The van der Waals surface area contributed by atoms with Gasteiger partial charge in [0.2, 0.25) is 0 Å². The molecule has 1 aliphatic rings. The fourth-order valence-electron chi connectivity index (χ4n) is 3.03. The summed E-state index contributed by atoms with van der Waals surface area (Å²) in [5.41, 5.74) is 3.33. The summed E-state index contributed by atoms with van der Waals surface area (Å²) in [5.74, 6) is 0.898. The number of hydrogen-bond donors (Lipinski definition) is 2. The number of hydrogen-bond acceptors (Lipinski definition) is 4. The molecule has 0 aromatic carbocycles. The molecule has 1 aliphatic carbocycles. The Hall–Kier alpha value is -2.57. The first-order valence-corrected chi connectivity index (χ1v) is 8.22. The SMILES string of the molecule is CN(C)c1ccc(CNC(=O)NC2CCCc3c2cnn3C)cn1. The van der Waals surface area contributed by atoms with E-state index in [0.29, 0.717) is 6.54 Å². The van der Waals surface area contributed by atoms with Crippen LogP contribution in [0.1, 0.15) is 35.7 Å². The summed E-state index contributed by atoms with van der Waals surface area (Å²) in [4.78, 5) is 18.5. The maximum Gasteiger partial charge on any atom is 0.315 e. The van der Waals surface area contributed by atoms with E-state index in [1.165, 1.54) is 5.69 Å². The van der Waals surface area contributed by atoms with Gasteiger partial charge >= 0.3 is 6.03 Å². The minimum Gasteiger partial charge on any atom is -0.363 e. The Morgan fingerprint density at radius 3 is 2.92 bits per heavy atom. The van der Waals surface area contributed by atoms with Gasteiger partial charge in [-0.05, 0) is 30.9 Å². The molecule has 2 amide bonds. The van der Waals surface area contributed by atoms with Crippen LogP contribution in [0, 0.1) is 0 Å². The second-order valence-corrected chi connectivity index (χ2v) is 6.36. The number of nitrogens with one attached hydrogen (secondary N) is 2. The highest BCUT2D eigenvalue weighted by molar-refractivity contribution is 5.74. The molecule has 2 heterocycles. The van der Waals surface area contributed by atoms with Crippen molar-refractivity contribution in [3.63, 3.8) is 0 Å². The van der Waals surface area contributed by atoms with Gasteiger partial charge in [-0.15, -0.1) is 0 Å². The van der Waals surface area contributed by atoms with E-state index in [-0.39, 0.29) is 12.1 Å². The fraction of sp³-hybridized carbons (Fsp3) is 0.471. The first-order valence-electron chi connectivity index (χ1n) is 8.22. The van der Waals surface area contributed by atoms with E-state index in [1.807, 2.05) is 49.1 Å². The van der Waals surface area contributed by atoms with E-state index in [0.717, 1.165) is 36.2 Å². The summed E-state index contributed by atoms with van der Waals surface area (Å²) >= 11 is 0. The number of rotatable bonds is 4. The van der Waals surface area contributed by atoms with Gasteiger partial charge in [0, 0.05) is 45.1 Å². The van der Waals surface area contributed by atoms with Crippen molar-refractivity contribution in [2.45, 2.75) is 31.8 Å². The molecule has 3 rings (SSSR count). The van der Waals surface area contributed by atoms with Crippen molar-refractivity contribution in [3.05, 3.63) is 41.3 Å². The Morgan fingerprint density at radius 2 is 2.21 bits per heavy atom. The van der Waals surface area contributed by atoms with Crippen LogP contribution in [0.3, 0.4) is 0 Å². The first kappa shape index (κ1) is 16.3. The highest BCUT2D eigenvalue weighted by Crippen LogP contribution is 2.28. The first-order chi connectivity index (χ1) is 11.5. The Kier molecular flexibility index (Phi) is 4.69. The van der Waals surface area contributed by atoms with Crippen molar-refractivity contribution in [2.24, 2.45) is 7.05 Å². The highest BCUT2D eigenvalue weighted by atomic mass is 16.2. The molecule has 128 valence electrons. The minimum atomic E-state index is -0.159. The normalized spacial score (nSPS) is 16.4. The van der Waals surface area contributed by atoms with Gasteiger partial charge in [-0.2, -0.15) is 5.10 Å². The van der Waals surface area contributed by atoms with Crippen molar-refractivity contribution in [2.75, 3.05) is 19.0 Å². The Labute approximate surface area is 142 Å². The van der Waals surface area contributed by atoms with Crippen molar-refractivity contribution in [3.8, 4) is 0 Å². The number of carbonyl (C=O) groups excluding carboxylic acids is 1. The molecule has 7 heteroatoms. The number of nitrogens with zero attached hydrogens (tertiary/aromatic N) is 4. The number of aryl methyl sites for hydroxylation is 1. The van der Waals surface area contributed by atoms with Crippen LogP contribution in [0.5, 0.6) is 0 Å². The number of pyridine rings is 1. The molecule has 0 radical (unpaired) electrons. The molecule has 0 spiro atoms. The standard InChI is InChI=1S/C17H24N6O/c1-22(2)16-8-7-12(9-18-16)10-19-17(24)21-14-5-4-6-15-13(14)11-20-23(15)3/h7-9,11,14H,4-6,10H2,1-3H3,(H2,19,21,24). The monoisotopic (exact) mass is 328 g/mol. The fourth-order valence-corrected chi connectivity index (χ4v) is 3.03. The van der Waals surface area contributed by atoms with Crippen molar-refractivity contribution >= 4 is 11.8 Å². The van der Waals surface area contributed by atoms with Crippen LogP contribution in [0.4, 0.5) is 10.6 Å². The lowest BCUT2D eigenvalue weighted by molar-refractivity contribution is 0.235. The Bertz CT molecular complexity index is 706. The van der Waals surface area contributed by atoms with Gasteiger partial charge in [0.25, 0.3) is 0 Å². The molecule has 0 fully saturated rings. The summed E-state index contributed by atoms with van der Waals surface area (Å²) in [7, 11) is 5.85. The maximum absolute atomic E-state index is 12.2. The van der Waals surface area contributed by atoms with Crippen LogP contribution in [-0.2, 0) is 20.0 Å².